The second kappa shape index (κ2) is 8.59. The lowest BCUT2D eigenvalue weighted by atomic mass is 10.2. The van der Waals surface area contributed by atoms with Crippen molar-refractivity contribution in [3.8, 4) is 22.9 Å². The summed E-state index contributed by atoms with van der Waals surface area (Å²) in [6.07, 6.45) is 0. The van der Waals surface area contributed by atoms with E-state index in [1.807, 2.05) is 49.4 Å². The van der Waals surface area contributed by atoms with E-state index in [1.54, 1.807) is 20.3 Å². The molecule has 0 spiro atoms. The lowest BCUT2D eigenvalue weighted by Gasteiger charge is -2.10. The summed E-state index contributed by atoms with van der Waals surface area (Å²) in [6, 6.07) is 14.7. The van der Waals surface area contributed by atoms with E-state index in [9.17, 15) is 4.79 Å². The molecular weight excluding hydrogens is 364 g/mol. The second-order valence-electron chi connectivity index (χ2n) is 5.68. The van der Waals surface area contributed by atoms with Gasteiger partial charge in [-0.05, 0) is 43.3 Å². The minimum absolute atomic E-state index is 0.135. The number of thioether (sulfide) groups is 1. The van der Waals surface area contributed by atoms with E-state index in [4.69, 9.17) is 9.47 Å². The summed E-state index contributed by atoms with van der Waals surface area (Å²) < 4.78 is 10.3. The maximum Gasteiger partial charge on any atom is 0.237 e. The molecule has 2 aromatic carbocycles. The summed E-state index contributed by atoms with van der Waals surface area (Å²) in [5, 5.41) is 10.1. The van der Waals surface area contributed by atoms with Gasteiger partial charge in [0.25, 0.3) is 0 Å². The Hall–Kier alpha value is -3.00. The Kier molecular flexibility index (Phi) is 5.97. The standard InChI is InChI=1S/C19H20N4O3S/c1-12(18(24)20-14-5-4-6-16(11-14)26-3)27-19-21-17(22-23-19)13-7-9-15(25-2)10-8-13/h4-12H,1-3H3,(H,20,24)(H,21,22,23)/t12-/m1/s1. The summed E-state index contributed by atoms with van der Waals surface area (Å²) in [5.41, 5.74) is 1.57. The molecule has 27 heavy (non-hydrogen) atoms. The minimum Gasteiger partial charge on any atom is -0.497 e. The van der Waals surface area contributed by atoms with Crippen molar-refractivity contribution in [2.24, 2.45) is 0 Å². The highest BCUT2D eigenvalue weighted by Gasteiger charge is 2.18. The van der Waals surface area contributed by atoms with Gasteiger partial charge < -0.3 is 14.8 Å². The molecule has 0 saturated carbocycles. The van der Waals surface area contributed by atoms with E-state index in [-0.39, 0.29) is 11.2 Å². The minimum atomic E-state index is -0.365. The van der Waals surface area contributed by atoms with Crippen molar-refractivity contribution >= 4 is 23.4 Å². The summed E-state index contributed by atoms with van der Waals surface area (Å²) in [6.45, 7) is 1.81. The molecule has 1 atom stereocenters. The highest BCUT2D eigenvalue weighted by atomic mass is 32.2. The average molecular weight is 384 g/mol. The molecule has 8 heteroatoms. The zero-order valence-electron chi connectivity index (χ0n) is 15.2. The van der Waals surface area contributed by atoms with Gasteiger partial charge in [-0.25, -0.2) is 4.98 Å². The number of methoxy groups -OCH3 is 2. The summed E-state index contributed by atoms with van der Waals surface area (Å²) in [7, 11) is 3.21. The third-order valence-electron chi connectivity index (χ3n) is 3.82. The Labute approximate surface area is 161 Å². The molecule has 0 aliphatic rings. The predicted octanol–water partition coefficient (Wildman–Crippen LogP) is 3.61. The summed E-state index contributed by atoms with van der Waals surface area (Å²) >= 11 is 1.28. The quantitative estimate of drug-likeness (QED) is 0.605. The number of nitrogens with zero attached hydrogens (tertiary/aromatic N) is 2. The van der Waals surface area contributed by atoms with Crippen molar-refractivity contribution in [2.45, 2.75) is 17.3 Å². The number of benzene rings is 2. The first kappa shape index (κ1) is 18.8. The first-order valence-corrected chi connectivity index (χ1v) is 9.15. The van der Waals surface area contributed by atoms with Gasteiger partial charge >= 0.3 is 0 Å². The van der Waals surface area contributed by atoms with Crippen LogP contribution >= 0.6 is 11.8 Å². The van der Waals surface area contributed by atoms with E-state index >= 15 is 0 Å². The number of ether oxygens (including phenoxy) is 2. The van der Waals surface area contributed by atoms with Crippen LogP contribution in [-0.2, 0) is 4.79 Å². The van der Waals surface area contributed by atoms with E-state index in [1.165, 1.54) is 11.8 Å². The molecule has 0 unspecified atom stereocenters. The molecule has 1 amide bonds. The number of H-pyrrole nitrogens is 1. The number of aromatic nitrogens is 3. The molecule has 0 bridgehead atoms. The molecule has 0 radical (unpaired) electrons. The number of hydrogen-bond donors (Lipinski definition) is 2. The summed E-state index contributed by atoms with van der Waals surface area (Å²) in [5.74, 6) is 1.96. The SMILES string of the molecule is COc1ccc(-c2nc(S[C@H](C)C(=O)Nc3cccc(OC)c3)n[nH]2)cc1. The van der Waals surface area contributed by atoms with Crippen LogP contribution in [0.5, 0.6) is 11.5 Å². The van der Waals surface area contributed by atoms with Gasteiger partial charge in [-0.3, -0.25) is 9.89 Å². The number of aromatic amines is 1. The molecule has 140 valence electrons. The van der Waals surface area contributed by atoms with Crippen LogP contribution in [0.1, 0.15) is 6.92 Å². The molecule has 2 N–H and O–H groups in total. The van der Waals surface area contributed by atoms with Gasteiger partial charge in [0.15, 0.2) is 5.82 Å². The van der Waals surface area contributed by atoms with Crippen LogP contribution in [0, 0.1) is 0 Å². The predicted molar refractivity (Wildman–Crippen MR) is 105 cm³/mol. The number of hydrogen-bond acceptors (Lipinski definition) is 6. The van der Waals surface area contributed by atoms with Gasteiger partial charge in [0.05, 0.1) is 19.5 Å². The lowest BCUT2D eigenvalue weighted by molar-refractivity contribution is -0.115. The molecule has 0 aliphatic heterocycles. The van der Waals surface area contributed by atoms with Crippen molar-refractivity contribution in [3.05, 3.63) is 48.5 Å². The van der Waals surface area contributed by atoms with Crippen LogP contribution in [0.3, 0.4) is 0 Å². The Morgan fingerprint density at radius 1 is 1.11 bits per heavy atom. The van der Waals surface area contributed by atoms with Gasteiger partial charge in [-0.1, -0.05) is 17.8 Å². The zero-order valence-corrected chi connectivity index (χ0v) is 16.0. The monoisotopic (exact) mass is 384 g/mol. The number of amides is 1. The largest absolute Gasteiger partial charge is 0.497 e. The fourth-order valence-electron chi connectivity index (χ4n) is 2.33. The molecular formula is C19H20N4O3S. The number of nitrogens with one attached hydrogen (secondary N) is 2. The molecule has 7 nitrogen and oxygen atoms in total. The normalized spacial score (nSPS) is 11.7. The van der Waals surface area contributed by atoms with E-state index in [0.717, 1.165) is 11.3 Å². The number of carbonyl (C=O) groups is 1. The maximum atomic E-state index is 12.4. The zero-order chi connectivity index (χ0) is 19.2. The molecule has 0 fully saturated rings. The Morgan fingerprint density at radius 3 is 2.56 bits per heavy atom. The number of carbonyl (C=O) groups excluding carboxylic acids is 1. The topological polar surface area (TPSA) is 89.1 Å². The van der Waals surface area contributed by atoms with E-state index in [0.29, 0.717) is 22.4 Å². The molecule has 0 aliphatic carbocycles. The highest BCUT2D eigenvalue weighted by molar-refractivity contribution is 8.00. The van der Waals surface area contributed by atoms with Crippen molar-refractivity contribution < 1.29 is 14.3 Å². The third-order valence-corrected chi connectivity index (χ3v) is 4.78. The van der Waals surface area contributed by atoms with Gasteiger partial charge in [0, 0.05) is 17.3 Å². The molecule has 3 rings (SSSR count). The van der Waals surface area contributed by atoms with Gasteiger partial charge in [0.2, 0.25) is 11.1 Å². The maximum absolute atomic E-state index is 12.4. The number of rotatable bonds is 7. The molecule has 0 saturated heterocycles. The smallest absolute Gasteiger partial charge is 0.237 e. The molecule has 3 aromatic rings. The van der Waals surface area contributed by atoms with Crippen LogP contribution in [-0.4, -0.2) is 40.6 Å². The van der Waals surface area contributed by atoms with Crippen molar-refractivity contribution in [1.82, 2.24) is 15.2 Å². The fraction of sp³-hybridized carbons (Fsp3) is 0.211. The van der Waals surface area contributed by atoms with Crippen molar-refractivity contribution in [1.29, 1.82) is 0 Å². The third kappa shape index (κ3) is 4.79. The summed E-state index contributed by atoms with van der Waals surface area (Å²) in [4.78, 5) is 16.9. The highest BCUT2D eigenvalue weighted by Crippen LogP contribution is 2.25. The average Bonchev–Trinajstić information content (AvgIpc) is 3.16. The lowest BCUT2D eigenvalue weighted by Crippen LogP contribution is -2.22. The Balaban J connectivity index is 1.62. The van der Waals surface area contributed by atoms with E-state index in [2.05, 4.69) is 20.5 Å². The molecule has 1 aromatic heterocycles. The van der Waals surface area contributed by atoms with Crippen LogP contribution in [0.25, 0.3) is 11.4 Å². The molecule has 1 heterocycles. The fourth-order valence-corrected chi connectivity index (χ4v) is 3.06. The van der Waals surface area contributed by atoms with Crippen LogP contribution in [0.15, 0.2) is 53.7 Å². The number of anilines is 1. The second-order valence-corrected chi connectivity index (χ2v) is 6.98. The van der Waals surface area contributed by atoms with Gasteiger partial charge in [0.1, 0.15) is 11.5 Å². The van der Waals surface area contributed by atoms with Crippen molar-refractivity contribution in [2.75, 3.05) is 19.5 Å². The van der Waals surface area contributed by atoms with E-state index < -0.39 is 0 Å². The van der Waals surface area contributed by atoms with Gasteiger partial charge in [-0.15, -0.1) is 5.10 Å². The van der Waals surface area contributed by atoms with Gasteiger partial charge in [-0.2, -0.15) is 0 Å². The van der Waals surface area contributed by atoms with Crippen LogP contribution in [0.2, 0.25) is 0 Å². The van der Waals surface area contributed by atoms with Crippen molar-refractivity contribution in [3.63, 3.8) is 0 Å². The van der Waals surface area contributed by atoms with Crippen LogP contribution in [0.4, 0.5) is 5.69 Å². The Bertz CT molecular complexity index is 911. The first-order chi connectivity index (χ1) is 13.1. The first-order valence-electron chi connectivity index (χ1n) is 8.27. The Morgan fingerprint density at radius 2 is 1.85 bits per heavy atom. The van der Waals surface area contributed by atoms with Crippen LogP contribution < -0.4 is 14.8 Å².